The summed E-state index contributed by atoms with van der Waals surface area (Å²) in [6, 6.07) is 9.25. The van der Waals surface area contributed by atoms with Gasteiger partial charge in [-0.3, -0.25) is 4.79 Å². The standard InChI is InChI=1S/C22H24FN3O5S2/c1-13(2)20(26-33(28,29)16-8-6-15(30-3)7-9-16)21(27)25-22-24-18(12-32-22)14-5-10-19(31-4)17(23)11-14/h5-13,20,26H,1-4H3,(H,24,25,27)/t20-/m0/s1. The molecule has 2 aromatic carbocycles. The Morgan fingerprint density at radius 3 is 2.36 bits per heavy atom. The minimum absolute atomic E-state index is 0.0137. The van der Waals surface area contributed by atoms with Gasteiger partial charge in [-0.05, 0) is 48.4 Å². The van der Waals surface area contributed by atoms with Crippen molar-refractivity contribution in [2.45, 2.75) is 24.8 Å². The number of benzene rings is 2. The monoisotopic (exact) mass is 493 g/mol. The van der Waals surface area contributed by atoms with Crippen molar-refractivity contribution in [2.24, 2.45) is 5.92 Å². The zero-order chi connectivity index (χ0) is 24.2. The highest BCUT2D eigenvalue weighted by molar-refractivity contribution is 7.89. The molecule has 0 aliphatic heterocycles. The van der Waals surface area contributed by atoms with Gasteiger partial charge < -0.3 is 14.8 Å². The van der Waals surface area contributed by atoms with Gasteiger partial charge in [0.15, 0.2) is 16.7 Å². The van der Waals surface area contributed by atoms with E-state index in [0.29, 0.717) is 17.0 Å². The maximum atomic E-state index is 14.0. The summed E-state index contributed by atoms with van der Waals surface area (Å²) in [5.41, 5.74) is 0.988. The molecule has 0 aliphatic rings. The number of carbonyl (C=O) groups excluding carboxylic acids is 1. The molecule has 0 aliphatic carbocycles. The van der Waals surface area contributed by atoms with Crippen LogP contribution in [0, 0.1) is 11.7 Å². The quantitative estimate of drug-likeness (QED) is 0.468. The first kappa shape index (κ1) is 24.6. The van der Waals surface area contributed by atoms with Gasteiger partial charge in [-0.2, -0.15) is 4.72 Å². The van der Waals surface area contributed by atoms with E-state index in [1.807, 2.05) is 0 Å². The predicted octanol–water partition coefficient (Wildman–Crippen LogP) is 3.91. The van der Waals surface area contributed by atoms with Crippen molar-refractivity contribution in [1.82, 2.24) is 9.71 Å². The molecule has 0 saturated carbocycles. The van der Waals surface area contributed by atoms with Crippen LogP contribution in [0.25, 0.3) is 11.3 Å². The van der Waals surface area contributed by atoms with Gasteiger partial charge in [-0.1, -0.05) is 13.8 Å². The molecule has 3 aromatic rings. The third-order valence-corrected chi connectivity index (χ3v) is 7.00. The fourth-order valence-corrected chi connectivity index (χ4v) is 5.02. The zero-order valence-corrected chi connectivity index (χ0v) is 20.1. The zero-order valence-electron chi connectivity index (χ0n) is 18.5. The third-order valence-electron chi connectivity index (χ3n) is 4.78. The van der Waals surface area contributed by atoms with E-state index >= 15 is 0 Å². The second kappa shape index (κ2) is 10.3. The Hall–Kier alpha value is -3.02. The maximum Gasteiger partial charge on any atom is 0.244 e. The second-order valence-electron chi connectivity index (χ2n) is 7.39. The highest BCUT2D eigenvalue weighted by atomic mass is 32.2. The lowest BCUT2D eigenvalue weighted by Gasteiger charge is -2.21. The SMILES string of the molecule is COc1ccc(S(=O)(=O)N[C@H](C(=O)Nc2nc(-c3ccc(OC)c(F)c3)cs2)C(C)C)cc1. The summed E-state index contributed by atoms with van der Waals surface area (Å²) in [5, 5.41) is 4.58. The first-order valence-corrected chi connectivity index (χ1v) is 12.3. The average Bonchev–Trinajstić information content (AvgIpc) is 3.25. The molecule has 11 heteroatoms. The Morgan fingerprint density at radius 1 is 1.09 bits per heavy atom. The number of halogens is 1. The summed E-state index contributed by atoms with van der Waals surface area (Å²) < 4.78 is 52.0. The van der Waals surface area contributed by atoms with Crippen molar-refractivity contribution in [3.63, 3.8) is 0 Å². The Balaban J connectivity index is 1.75. The van der Waals surface area contributed by atoms with Crippen molar-refractivity contribution in [2.75, 3.05) is 19.5 Å². The van der Waals surface area contributed by atoms with E-state index in [-0.39, 0.29) is 21.7 Å². The van der Waals surface area contributed by atoms with Crippen molar-refractivity contribution in [3.05, 3.63) is 53.7 Å². The molecule has 176 valence electrons. The number of aromatic nitrogens is 1. The molecule has 0 radical (unpaired) electrons. The van der Waals surface area contributed by atoms with Gasteiger partial charge in [0.1, 0.15) is 11.8 Å². The largest absolute Gasteiger partial charge is 0.497 e. The minimum atomic E-state index is -3.95. The summed E-state index contributed by atoms with van der Waals surface area (Å²) >= 11 is 1.15. The van der Waals surface area contributed by atoms with Crippen molar-refractivity contribution in [3.8, 4) is 22.8 Å². The van der Waals surface area contributed by atoms with Gasteiger partial charge >= 0.3 is 0 Å². The predicted molar refractivity (Wildman–Crippen MR) is 125 cm³/mol. The normalized spacial score (nSPS) is 12.4. The van der Waals surface area contributed by atoms with Crippen LogP contribution >= 0.6 is 11.3 Å². The van der Waals surface area contributed by atoms with Crippen LogP contribution in [0.2, 0.25) is 0 Å². The van der Waals surface area contributed by atoms with Crippen LogP contribution in [0.5, 0.6) is 11.5 Å². The van der Waals surface area contributed by atoms with Crippen LogP contribution in [0.3, 0.4) is 0 Å². The van der Waals surface area contributed by atoms with E-state index < -0.39 is 27.8 Å². The first-order chi connectivity index (χ1) is 15.6. The second-order valence-corrected chi connectivity index (χ2v) is 9.97. The van der Waals surface area contributed by atoms with Crippen LogP contribution in [-0.2, 0) is 14.8 Å². The van der Waals surface area contributed by atoms with Crippen LogP contribution in [0.4, 0.5) is 9.52 Å². The van der Waals surface area contributed by atoms with Crippen LogP contribution in [0.1, 0.15) is 13.8 Å². The molecule has 1 heterocycles. The molecule has 1 amide bonds. The number of amides is 1. The highest BCUT2D eigenvalue weighted by Crippen LogP contribution is 2.28. The van der Waals surface area contributed by atoms with Gasteiger partial charge in [0.2, 0.25) is 15.9 Å². The molecular weight excluding hydrogens is 469 g/mol. The minimum Gasteiger partial charge on any atom is -0.497 e. The number of hydrogen-bond donors (Lipinski definition) is 2. The first-order valence-electron chi connectivity index (χ1n) is 9.91. The van der Waals surface area contributed by atoms with Gasteiger partial charge in [-0.25, -0.2) is 17.8 Å². The molecule has 1 aromatic heterocycles. The molecule has 3 rings (SSSR count). The number of carbonyl (C=O) groups is 1. The van der Waals surface area contributed by atoms with Gasteiger partial charge in [0, 0.05) is 10.9 Å². The van der Waals surface area contributed by atoms with Crippen LogP contribution in [-0.4, -0.2) is 39.6 Å². The maximum absolute atomic E-state index is 14.0. The van der Waals surface area contributed by atoms with Crippen molar-refractivity contribution in [1.29, 1.82) is 0 Å². The fraction of sp³-hybridized carbons (Fsp3) is 0.273. The number of nitrogens with zero attached hydrogens (tertiary/aromatic N) is 1. The molecule has 0 bridgehead atoms. The lowest BCUT2D eigenvalue weighted by molar-refractivity contribution is -0.118. The fourth-order valence-electron chi connectivity index (χ4n) is 2.96. The lowest BCUT2D eigenvalue weighted by Crippen LogP contribution is -2.47. The number of nitrogens with one attached hydrogen (secondary N) is 2. The number of thiazole rings is 1. The molecular formula is C22H24FN3O5S2. The Labute approximate surface area is 195 Å². The summed E-state index contributed by atoms with van der Waals surface area (Å²) in [6.07, 6.45) is 0. The van der Waals surface area contributed by atoms with E-state index in [1.165, 1.54) is 50.6 Å². The van der Waals surface area contributed by atoms with Crippen molar-refractivity contribution >= 4 is 32.4 Å². The van der Waals surface area contributed by atoms with E-state index in [2.05, 4.69) is 15.0 Å². The molecule has 0 fully saturated rings. The summed E-state index contributed by atoms with van der Waals surface area (Å²) in [6.45, 7) is 3.46. The Morgan fingerprint density at radius 2 is 1.79 bits per heavy atom. The number of ether oxygens (including phenoxy) is 2. The third kappa shape index (κ3) is 5.86. The number of rotatable bonds is 9. The molecule has 1 atom stereocenters. The topological polar surface area (TPSA) is 107 Å². The Kier molecular flexibility index (Phi) is 7.67. The van der Waals surface area contributed by atoms with Crippen LogP contribution in [0.15, 0.2) is 52.7 Å². The van der Waals surface area contributed by atoms with E-state index in [9.17, 15) is 17.6 Å². The summed E-state index contributed by atoms with van der Waals surface area (Å²) in [4.78, 5) is 17.2. The number of hydrogen-bond acceptors (Lipinski definition) is 7. The highest BCUT2D eigenvalue weighted by Gasteiger charge is 2.29. The lowest BCUT2D eigenvalue weighted by atomic mass is 10.1. The average molecular weight is 494 g/mol. The van der Waals surface area contributed by atoms with Crippen molar-refractivity contribution < 1.29 is 27.1 Å². The Bertz CT molecular complexity index is 1230. The van der Waals surface area contributed by atoms with Gasteiger partial charge in [0.05, 0.1) is 24.8 Å². The molecule has 2 N–H and O–H groups in total. The van der Waals surface area contributed by atoms with E-state index in [0.717, 1.165) is 11.3 Å². The summed E-state index contributed by atoms with van der Waals surface area (Å²) in [5.74, 6) is -0.784. The van der Waals surface area contributed by atoms with Gasteiger partial charge in [0.25, 0.3) is 0 Å². The number of methoxy groups -OCH3 is 2. The smallest absolute Gasteiger partial charge is 0.244 e. The molecule has 8 nitrogen and oxygen atoms in total. The number of sulfonamides is 1. The van der Waals surface area contributed by atoms with E-state index in [4.69, 9.17) is 9.47 Å². The number of anilines is 1. The molecule has 33 heavy (non-hydrogen) atoms. The van der Waals surface area contributed by atoms with Crippen LogP contribution < -0.4 is 19.5 Å². The molecule has 0 unspecified atom stereocenters. The van der Waals surface area contributed by atoms with E-state index in [1.54, 1.807) is 25.3 Å². The summed E-state index contributed by atoms with van der Waals surface area (Å²) in [7, 11) is -1.09. The van der Waals surface area contributed by atoms with Gasteiger partial charge in [-0.15, -0.1) is 11.3 Å². The molecule has 0 spiro atoms. The molecule has 0 saturated heterocycles.